The number of hydrogen-bond donors (Lipinski definition) is 0. The van der Waals surface area contributed by atoms with E-state index in [1.54, 1.807) is 0 Å². The summed E-state index contributed by atoms with van der Waals surface area (Å²) in [6.07, 6.45) is 2.19. The molecule has 0 radical (unpaired) electrons. The first kappa shape index (κ1) is 12.4. The molecule has 0 spiro atoms. The average Bonchev–Trinajstić information content (AvgIpc) is 2.48. The molecule has 1 aliphatic heterocycles. The molecule has 90 valence electrons. The fourth-order valence-corrected chi connectivity index (χ4v) is 2.78. The fourth-order valence-electron chi connectivity index (χ4n) is 2.12. The number of halogens is 2. The van der Waals surface area contributed by atoms with Crippen LogP contribution in [0.15, 0.2) is 4.47 Å². The van der Waals surface area contributed by atoms with E-state index < -0.39 is 0 Å². The molecule has 1 aromatic rings. The lowest BCUT2D eigenvalue weighted by Gasteiger charge is -2.29. The Balaban J connectivity index is 2.03. The lowest BCUT2D eigenvalue weighted by Crippen LogP contribution is -2.34. The van der Waals surface area contributed by atoms with Crippen LogP contribution in [0.2, 0.25) is 0 Å². The largest absolute Gasteiger partial charge is 0.297 e. The molecule has 0 N–H and O–H groups in total. The van der Waals surface area contributed by atoms with Gasteiger partial charge in [0.05, 0.1) is 15.9 Å². The Labute approximate surface area is 110 Å². The number of alkyl halides is 1. The Hall–Kier alpha value is -0.0600. The summed E-state index contributed by atoms with van der Waals surface area (Å²) in [4.78, 5) is 2.44. The number of likely N-dealkylation sites (tertiary alicyclic amines) is 1. The number of piperidine rings is 1. The van der Waals surface area contributed by atoms with Gasteiger partial charge in [-0.05, 0) is 48.8 Å². The van der Waals surface area contributed by atoms with E-state index in [9.17, 15) is 0 Å². The number of aromatic nitrogens is 2. The van der Waals surface area contributed by atoms with Gasteiger partial charge in [-0.3, -0.25) is 9.58 Å². The molecule has 2 rings (SSSR count). The molecule has 0 amide bonds. The van der Waals surface area contributed by atoms with Crippen molar-refractivity contribution in [3.05, 3.63) is 15.9 Å². The first-order valence-electron chi connectivity index (χ1n) is 5.62. The van der Waals surface area contributed by atoms with Gasteiger partial charge in [0.15, 0.2) is 0 Å². The van der Waals surface area contributed by atoms with Crippen molar-refractivity contribution in [3.63, 3.8) is 0 Å². The first-order chi connectivity index (χ1) is 7.58. The third-order valence-electron chi connectivity index (χ3n) is 3.15. The summed E-state index contributed by atoms with van der Waals surface area (Å²) in [7, 11) is 2.00. The van der Waals surface area contributed by atoms with E-state index >= 15 is 0 Å². The van der Waals surface area contributed by atoms with Crippen molar-refractivity contribution < 1.29 is 0 Å². The zero-order valence-corrected chi connectivity index (χ0v) is 12.1. The van der Waals surface area contributed by atoms with E-state index in [1.807, 2.05) is 18.7 Å². The van der Waals surface area contributed by atoms with E-state index in [-0.39, 0.29) is 0 Å². The standard InChI is InChI=1S/C11H17BrClN3/c1-8-11(12)10(15(2)14-8)7-16-5-3-9(13)4-6-16/h9H,3-7H2,1-2H3. The number of rotatable bonds is 2. The maximum atomic E-state index is 6.10. The zero-order valence-electron chi connectivity index (χ0n) is 9.71. The van der Waals surface area contributed by atoms with Crippen LogP contribution in [0.5, 0.6) is 0 Å². The van der Waals surface area contributed by atoms with Crippen LogP contribution in [0.1, 0.15) is 24.2 Å². The Morgan fingerprint density at radius 3 is 2.56 bits per heavy atom. The van der Waals surface area contributed by atoms with Gasteiger partial charge in [-0.15, -0.1) is 11.6 Å². The molecule has 1 saturated heterocycles. The Morgan fingerprint density at radius 2 is 2.06 bits per heavy atom. The minimum absolute atomic E-state index is 0.368. The van der Waals surface area contributed by atoms with Gasteiger partial charge in [-0.1, -0.05) is 0 Å². The summed E-state index contributed by atoms with van der Waals surface area (Å²) in [6, 6.07) is 0. The molecule has 16 heavy (non-hydrogen) atoms. The van der Waals surface area contributed by atoms with Crippen molar-refractivity contribution in [2.45, 2.75) is 31.7 Å². The fraction of sp³-hybridized carbons (Fsp3) is 0.727. The Kier molecular flexibility index (Phi) is 3.93. The summed E-state index contributed by atoms with van der Waals surface area (Å²) in [6.45, 7) is 5.16. The van der Waals surface area contributed by atoms with Crippen molar-refractivity contribution >= 4 is 27.5 Å². The van der Waals surface area contributed by atoms with Crippen LogP contribution in [-0.4, -0.2) is 33.1 Å². The molecule has 0 unspecified atom stereocenters. The maximum absolute atomic E-state index is 6.10. The van der Waals surface area contributed by atoms with Gasteiger partial charge < -0.3 is 0 Å². The van der Waals surface area contributed by atoms with Gasteiger partial charge in [0, 0.05) is 19.0 Å². The summed E-state index contributed by atoms with van der Waals surface area (Å²) in [5.74, 6) is 0. The second-order valence-electron chi connectivity index (χ2n) is 4.42. The molecule has 0 atom stereocenters. The molecule has 1 aromatic heterocycles. The van der Waals surface area contributed by atoms with E-state index in [4.69, 9.17) is 11.6 Å². The Morgan fingerprint density at radius 1 is 1.44 bits per heavy atom. The monoisotopic (exact) mass is 305 g/mol. The van der Waals surface area contributed by atoms with E-state index in [0.29, 0.717) is 5.38 Å². The van der Waals surface area contributed by atoms with Gasteiger partial charge in [-0.25, -0.2) is 0 Å². The van der Waals surface area contributed by atoms with E-state index in [2.05, 4.69) is 25.9 Å². The second kappa shape index (κ2) is 5.07. The zero-order chi connectivity index (χ0) is 11.7. The SMILES string of the molecule is Cc1nn(C)c(CN2CCC(Cl)CC2)c1Br. The predicted octanol–water partition coefficient (Wildman–Crippen LogP) is 2.69. The van der Waals surface area contributed by atoms with Crippen molar-refractivity contribution in [2.75, 3.05) is 13.1 Å². The summed E-state index contributed by atoms with van der Waals surface area (Å²) < 4.78 is 3.11. The quantitative estimate of drug-likeness (QED) is 0.783. The highest BCUT2D eigenvalue weighted by atomic mass is 79.9. The van der Waals surface area contributed by atoms with Gasteiger partial charge in [0.1, 0.15) is 0 Å². The first-order valence-corrected chi connectivity index (χ1v) is 6.85. The van der Waals surface area contributed by atoms with Crippen LogP contribution >= 0.6 is 27.5 Å². The Bertz CT molecular complexity index is 370. The lowest BCUT2D eigenvalue weighted by molar-refractivity contribution is 0.218. The lowest BCUT2D eigenvalue weighted by atomic mass is 10.1. The molecule has 0 aliphatic carbocycles. The van der Waals surface area contributed by atoms with Crippen molar-refractivity contribution in [1.82, 2.24) is 14.7 Å². The molecule has 2 heterocycles. The molecular weight excluding hydrogens is 289 g/mol. The molecule has 1 aliphatic rings. The van der Waals surface area contributed by atoms with Crippen LogP contribution in [0, 0.1) is 6.92 Å². The van der Waals surface area contributed by atoms with Crippen molar-refractivity contribution in [1.29, 1.82) is 0 Å². The third-order valence-corrected chi connectivity index (χ3v) is 4.62. The highest BCUT2D eigenvalue weighted by molar-refractivity contribution is 9.10. The minimum atomic E-state index is 0.368. The molecule has 5 heteroatoms. The molecule has 0 saturated carbocycles. The summed E-state index contributed by atoms with van der Waals surface area (Å²) in [5.41, 5.74) is 2.32. The number of aryl methyl sites for hydroxylation is 2. The van der Waals surface area contributed by atoms with Gasteiger partial charge in [-0.2, -0.15) is 5.10 Å². The van der Waals surface area contributed by atoms with Gasteiger partial charge >= 0.3 is 0 Å². The minimum Gasteiger partial charge on any atom is -0.297 e. The van der Waals surface area contributed by atoms with Crippen molar-refractivity contribution in [2.24, 2.45) is 7.05 Å². The highest BCUT2D eigenvalue weighted by Crippen LogP contribution is 2.24. The second-order valence-corrected chi connectivity index (χ2v) is 5.83. The molecule has 1 fully saturated rings. The normalized spacial score (nSPS) is 19.2. The van der Waals surface area contributed by atoms with E-state index in [1.165, 1.54) is 5.69 Å². The average molecular weight is 307 g/mol. The smallest absolute Gasteiger partial charge is 0.0739 e. The van der Waals surface area contributed by atoms with Crippen molar-refractivity contribution in [3.8, 4) is 0 Å². The molecule has 0 aromatic carbocycles. The van der Waals surface area contributed by atoms with E-state index in [0.717, 1.165) is 42.6 Å². The summed E-state index contributed by atoms with van der Waals surface area (Å²) >= 11 is 9.70. The highest BCUT2D eigenvalue weighted by Gasteiger charge is 2.20. The topological polar surface area (TPSA) is 21.1 Å². The van der Waals surface area contributed by atoms with Crippen LogP contribution in [0.3, 0.4) is 0 Å². The molecule has 0 bridgehead atoms. The number of nitrogens with zero attached hydrogens (tertiary/aromatic N) is 3. The van der Waals surface area contributed by atoms with Gasteiger partial charge in [0.25, 0.3) is 0 Å². The maximum Gasteiger partial charge on any atom is 0.0739 e. The van der Waals surface area contributed by atoms with Crippen LogP contribution in [0.25, 0.3) is 0 Å². The van der Waals surface area contributed by atoms with Crippen LogP contribution in [0.4, 0.5) is 0 Å². The number of hydrogen-bond acceptors (Lipinski definition) is 2. The van der Waals surface area contributed by atoms with Crippen LogP contribution in [-0.2, 0) is 13.6 Å². The third kappa shape index (κ3) is 2.60. The van der Waals surface area contributed by atoms with Crippen LogP contribution < -0.4 is 0 Å². The molecular formula is C11H17BrClN3. The predicted molar refractivity (Wildman–Crippen MR) is 69.8 cm³/mol. The molecule has 3 nitrogen and oxygen atoms in total. The summed E-state index contributed by atoms with van der Waals surface area (Å²) in [5, 5.41) is 4.78. The van der Waals surface area contributed by atoms with Gasteiger partial charge in [0.2, 0.25) is 0 Å².